The number of fused-ring (bicyclic) bond motifs is 1. The van der Waals surface area contributed by atoms with E-state index >= 15 is 0 Å². The van der Waals surface area contributed by atoms with Gasteiger partial charge in [-0.2, -0.15) is 5.10 Å². The highest BCUT2D eigenvalue weighted by Gasteiger charge is 2.36. The van der Waals surface area contributed by atoms with Gasteiger partial charge in [-0.15, -0.1) is 0 Å². The molecule has 0 bridgehead atoms. The van der Waals surface area contributed by atoms with Gasteiger partial charge in [-0.25, -0.2) is 13.9 Å². The Bertz CT molecular complexity index is 876. The Morgan fingerprint density at radius 1 is 1.27 bits per heavy atom. The largest absolute Gasteiger partial charge is 0.346 e. The van der Waals surface area contributed by atoms with Crippen LogP contribution in [0.1, 0.15) is 36.7 Å². The van der Waals surface area contributed by atoms with Gasteiger partial charge in [-0.05, 0) is 37.0 Å². The van der Waals surface area contributed by atoms with Crippen LogP contribution in [0.4, 0.5) is 4.39 Å². The Kier molecular flexibility index (Phi) is 4.69. The van der Waals surface area contributed by atoms with Crippen molar-refractivity contribution >= 4 is 21.8 Å². The van der Waals surface area contributed by atoms with E-state index in [0.717, 1.165) is 16.5 Å². The van der Waals surface area contributed by atoms with Crippen molar-refractivity contribution in [3.63, 3.8) is 0 Å². The predicted octanol–water partition coefficient (Wildman–Crippen LogP) is 2.30. The summed E-state index contributed by atoms with van der Waals surface area (Å²) in [6.07, 6.45) is 1.50. The number of aryl methyl sites for hydroxylation is 1. The van der Waals surface area contributed by atoms with E-state index < -0.39 is 12.2 Å². The van der Waals surface area contributed by atoms with E-state index in [0.29, 0.717) is 38.2 Å². The third-order valence-electron chi connectivity index (χ3n) is 5.10. The van der Waals surface area contributed by atoms with Crippen LogP contribution in [0.3, 0.4) is 0 Å². The molecule has 0 spiro atoms. The van der Waals surface area contributed by atoms with Crippen molar-refractivity contribution in [1.29, 1.82) is 0 Å². The van der Waals surface area contributed by atoms with Crippen LogP contribution in [0.2, 0.25) is 0 Å². The summed E-state index contributed by atoms with van der Waals surface area (Å²) in [5.74, 6) is 0.490. The summed E-state index contributed by atoms with van der Waals surface area (Å²) in [5.41, 5.74) is 0.699. The summed E-state index contributed by atoms with van der Waals surface area (Å²) >= 11 is 3.39. The van der Waals surface area contributed by atoms with Gasteiger partial charge in [0.25, 0.3) is 0 Å². The number of nitrogens with zero attached hydrogens (tertiary/aromatic N) is 4. The fourth-order valence-electron chi connectivity index (χ4n) is 3.76. The number of hydrogen-bond donors (Lipinski definition) is 0. The van der Waals surface area contributed by atoms with Gasteiger partial charge in [0.2, 0.25) is 5.91 Å². The minimum absolute atomic E-state index is 0.131. The molecule has 0 N–H and O–H groups in total. The Labute approximate surface area is 158 Å². The summed E-state index contributed by atoms with van der Waals surface area (Å²) in [4.78, 5) is 27.3. The topological polar surface area (TPSA) is 60.1 Å². The van der Waals surface area contributed by atoms with E-state index in [-0.39, 0.29) is 18.1 Å². The van der Waals surface area contributed by atoms with Crippen LogP contribution in [-0.4, -0.2) is 44.4 Å². The summed E-state index contributed by atoms with van der Waals surface area (Å²) in [6.45, 7) is 0.920. The molecule has 0 aliphatic carbocycles. The first kappa shape index (κ1) is 17.5. The number of carbonyl (C=O) groups excluding carboxylic acids is 1. The molecule has 1 fully saturated rings. The van der Waals surface area contributed by atoms with Crippen LogP contribution in [0.15, 0.2) is 33.5 Å². The van der Waals surface area contributed by atoms with Crippen LogP contribution in [0.25, 0.3) is 0 Å². The van der Waals surface area contributed by atoms with E-state index in [2.05, 4.69) is 21.0 Å². The number of carbonyl (C=O) groups is 1. The third kappa shape index (κ3) is 3.22. The van der Waals surface area contributed by atoms with E-state index in [1.807, 2.05) is 24.3 Å². The molecule has 0 unspecified atom stereocenters. The first-order valence-electron chi connectivity index (χ1n) is 8.88. The number of alkyl halides is 1. The van der Waals surface area contributed by atoms with Gasteiger partial charge in [0, 0.05) is 17.4 Å². The molecule has 8 heteroatoms. The first-order valence-corrected chi connectivity index (χ1v) is 9.68. The van der Waals surface area contributed by atoms with Crippen molar-refractivity contribution in [1.82, 2.24) is 19.2 Å². The molecular formula is C18H20BrFN4O2. The molecule has 0 radical (unpaired) electrons. The van der Waals surface area contributed by atoms with Gasteiger partial charge in [-0.3, -0.25) is 9.36 Å². The molecule has 1 saturated heterocycles. The standard InChI is InChI=1S/C18H20BrFN4O2/c19-13-6-4-12(5-7-13)10-23-18(26)24-15(2-1-3-16(24)21-23)17(25)22-9-8-14(20)11-22/h4-7,14-15H,1-3,8-11H2/t14-,15-/m0/s1. The molecule has 1 aromatic heterocycles. The molecule has 0 saturated carbocycles. The van der Waals surface area contributed by atoms with E-state index in [1.165, 1.54) is 9.25 Å². The fraction of sp³-hybridized carbons (Fsp3) is 0.500. The van der Waals surface area contributed by atoms with Gasteiger partial charge in [0.05, 0.1) is 13.1 Å². The lowest BCUT2D eigenvalue weighted by molar-refractivity contribution is -0.134. The summed E-state index contributed by atoms with van der Waals surface area (Å²) in [5, 5.41) is 4.45. The van der Waals surface area contributed by atoms with Crippen LogP contribution < -0.4 is 5.69 Å². The monoisotopic (exact) mass is 422 g/mol. The molecule has 26 heavy (non-hydrogen) atoms. The molecule has 138 valence electrons. The zero-order valence-electron chi connectivity index (χ0n) is 14.3. The maximum atomic E-state index is 13.5. The number of likely N-dealkylation sites (tertiary alicyclic amines) is 1. The molecule has 2 atom stereocenters. The predicted molar refractivity (Wildman–Crippen MR) is 97.8 cm³/mol. The molecule has 1 aromatic carbocycles. The first-order chi connectivity index (χ1) is 12.5. The number of amides is 1. The highest BCUT2D eigenvalue weighted by Crippen LogP contribution is 2.26. The Morgan fingerprint density at radius 2 is 2.04 bits per heavy atom. The fourth-order valence-corrected chi connectivity index (χ4v) is 4.02. The lowest BCUT2D eigenvalue weighted by Gasteiger charge is -2.26. The minimum atomic E-state index is -0.959. The maximum Gasteiger partial charge on any atom is 0.346 e. The van der Waals surface area contributed by atoms with Crippen molar-refractivity contribution in [3.8, 4) is 0 Å². The van der Waals surface area contributed by atoms with E-state index in [1.54, 1.807) is 4.90 Å². The normalized spacial score (nSPS) is 22.5. The van der Waals surface area contributed by atoms with Crippen LogP contribution in [0.5, 0.6) is 0 Å². The molecule has 6 nitrogen and oxygen atoms in total. The average molecular weight is 423 g/mol. The zero-order valence-corrected chi connectivity index (χ0v) is 15.9. The van der Waals surface area contributed by atoms with E-state index in [4.69, 9.17) is 0 Å². The Balaban J connectivity index is 1.62. The SMILES string of the molecule is O=C([C@@H]1CCCc2nn(Cc3ccc(Br)cc3)c(=O)n21)N1CC[C@H](F)C1. The van der Waals surface area contributed by atoms with Gasteiger partial charge in [0.1, 0.15) is 18.0 Å². The van der Waals surface area contributed by atoms with Gasteiger partial charge in [0.15, 0.2) is 0 Å². The number of halogens is 2. The molecule has 1 amide bonds. The lowest BCUT2D eigenvalue weighted by Crippen LogP contribution is -2.41. The van der Waals surface area contributed by atoms with Gasteiger partial charge < -0.3 is 4.90 Å². The van der Waals surface area contributed by atoms with Crippen molar-refractivity contribution in [3.05, 3.63) is 50.6 Å². The summed E-state index contributed by atoms with van der Waals surface area (Å²) in [6, 6.07) is 7.15. The van der Waals surface area contributed by atoms with E-state index in [9.17, 15) is 14.0 Å². The minimum Gasteiger partial charge on any atom is -0.338 e. The maximum absolute atomic E-state index is 13.5. The van der Waals surface area contributed by atoms with Gasteiger partial charge in [-0.1, -0.05) is 28.1 Å². The molecule has 3 heterocycles. The molecule has 2 aliphatic rings. The lowest BCUT2D eigenvalue weighted by atomic mass is 10.0. The average Bonchev–Trinajstić information content (AvgIpc) is 3.20. The third-order valence-corrected chi connectivity index (χ3v) is 5.63. The van der Waals surface area contributed by atoms with Crippen LogP contribution >= 0.6 is 15.9 Å². The quantitative estimate of drug-likeness (QED) is 0.762. The second kappa shape index (κ2) is 6.98. The summed E-state index contributed by atoms with van der Waals surface area (Å²) < 4.78 is 17.4. The zero-order chi connectivity index (χ0) is 18.3. The van der Waals surface area contributed by atoms with Crippen molar-refractivity contribution in [2.75, 3.05) is 13.1 Å². The Hall–Kier alpha value is -1.96. The van der Waals surface area contributed by atoms with Crippen molar-refractivity contribution < 1.29 is 9.18 Å². The summed E-state index contributed by atoms with van der Waals surface area (Å²) in [7, 11) is 0. The number of hydrogen-bond acceptors (Lipinski definition) is 3. The van der Waals surface area contributed by atoms with Crippen LogP contribution in [0, 0.1) is 0 Å². The molecule has 2 aromatic rings. The van der Waals surface area contributed by atoms with Crippen molar-refractivity contribution in [2.24, 2.45) is 0 Å². The highest BCUT2D eigenvalue weighted by molar-refractivity contribution is 9.10. The van der Waals surface area contributed by atoms with Gasteiger partial charge >= 0.3 is 5.69 Å². The number of rotatable bonds is 3. The molecular weight excluding hydrogens is 403 g/mol. The molecule has 4 rings (SSSR count). The molecule has 2 aliphatic heterocycles. The number of aromatic nitrogens is 3. The second-order valence-electron chi connectivity index (χ2n) is 6.93. The smallest absolute Gasteiger partial charge is 0.338 e. The van der Waals surface area contributed by atoms with Crippen LogP contribution in [-0.2, 0) is 17.8 Å². The Morgan fingerprint density at radius 3 is 2.73 bits per heavy atom. The number of benzene rings is 1. The highest BCUT2D eigenvalue weighted by atomic mass is 79.9. The van der Waals surface area contributed by atoms with Crippen molar-refractivity contribution in [2.45, 2.75) is 44.4 Å². The second-order valence-corrected chi connectivity index (χ2v) is 7.85.